The molecule has 118 valence electrons. The van der Waals surface area contributed by atoms with Crippen LogP contribution in [0.2, 0.25) is 0 Å². The van der Waals surface area contributed by atoms with E-state index < -0.39 is 30.0 Å². The first-order valence-electron chi connectivity index (χ1n) is 5.69. The maximum absolute atomic E-state index is 11.2. The third-order valence-corrected chi connectivity index (χ3v) is 4.23. The first kappa shape index (κ1) is 16.2. The molecule has 2 aromatic carbocycles. The summed E-state index contributed by atoms with van der Waals surface area (Å²) < 4.78 is 68.0. The van der Waals surface area contributed by atoms with Crippen molar-refractivity contribution in [3.05, 3.63) is 42.5 Å². The van der Waals surface area contributed by atoms with Crippen LogP contribution in [-0.4, -0.2) is 25.9 Å². The van der Waals surface area contributed by atoms with Crippen molar-refractivity contribution < 1.29 is 30.7 Å². The fraction of sp³-hybridized carbons (Fsp3) is 0. The van der Waals surface area contributed by atoms with E-state index in [1.807, 2.05) is 0 Å². The molecule has 0 aliphatic rings. The zero-order valence-corrected chi connectivity index (χ0v) is 12.5. The van der Waals surface area contributed by atoms with Gasteiger partial charge in [0.2, 0.25) is 0 Å². The van der Waals surface area contributed by atoms with E-state index in [2.05, 4.69) is 0 Å². The highest BCUT2D eigenvalue weighted by Gasteiger charge is 2.19. The Morgan fingerprint density at radius 1 is 0.773 bits per heavy atom. The quantitative estimate of drug-likeness (QED) is 0.559. The molecule has 8 nitrogen and oxygen atoms in total. The lowest BCUT2D eigenvalue weighted by Gasteiger charge is -2.09. The molecule has 4 N–H and O–H groups in total. The number of benzene rings is 2. The molecular weight excluding hydrogens is 334 g/mol. The van der Waals surface area contributed by atoms with Crippen LogP contribution in [-0.2, 0) is 20.2 Å². The van der Waals surface area contributed by atoms with Gasteiger partial charge in [-0.1, -0.05) is 0 Å². The number of anilines is 1. The van der Waals surface area contributed by atoms with Crippen LogP contribution in [0.25, 0.3) is 0 Å². The number of hydrogen-bond donors (Lipinski definition) is 3. The fourth-order valence-corrected chi connectivity index (χ4v) is 2.73. The summed E-state index contributed by atoms with van der Waals surface area (Å²) in [4.78, 5) is -1.46. The van der Waals surface area contributed by atoms with Crippen LogP contribution in [0.1, 0.15) is 0 Å². The topological polar surface area (TPSA) is 144 Å². The molecule has 0 aromatic heterocycles. The van der Waals surface area contributed by atoms with Gasteiger partial charge in [-0.25, -0.2) is 0 Å². The minimum Gasteiger partial charge on any atom is -0.457 e. The summed E-state index contributed by atoms with van der Waals surface area (Å²) in [5.41, 5.74) is 5.97. The van der Waals surface area contributed by atoms with Crippen molar-refractivity contribution in [3.63, 3.8) is 0 Å². The van der Waals surface area contributed by atoms with Gasteiger partial charge in [0.15, 0.2) is 0 Å². The van der Waals surface area contributed by atoms with E-state index in [9.17, 15) is 16.8 Å². The van der Waals surface area contributed by atoms with Crippen molar-refractivity contribution in [2.75, 3.05) is 5.73 Å². The first-order valence-corrected chi connectivity index (χ1v) is 8.57. The van der Waals surface area contributed by atoms with E-state index in [1.165, 1.54) is 24.3 Å². The van der Waals surface area contributed by atoms with E-state index in [1.54, 1.807) is 0 Å². The van der Waals surface area contributed by atoms with Crippen molar-refractivity contribution in [1.29, 1.82) is 0 Å². The first-order chi connectivity index (χ1) is 10.1. The number of nitrogen functional groups attached to an aromatic ring is 1. The van der Waals surface area contributed by atoms with E-state index in [0.29, 0.717) is 11.8 Å². The van der Waals surface area contributed by atoms with Crippen molar-refractivity contribution >= 4 is 25.9 Å². The molecule has 10 heteroatoms. The molecule has 0 bridgehead atoms. The molecule has 0 aliphatic carbocycles. The molecule has 0 saturated heterocycles. The van der Waals surface area contributed by atoms with Crippen LogP contribution in [0.5, 0.6) is 11.5 Å². The predicted molar refractivity (Wildman–Crippen MR) is 77.0 cm³/mol. The van der Waals surface area contributed by atoms with E-state index in [4.69, 9.17) is 19.6 Å². The average molecular weight is 345 g/mol. The number of rotatable bonds is 4. The van der Waals surface area contributed by atoms with Crippen LogP contribution in [0.3, 0.4) is 0 Å². The Morgan fingerprint density at radius 3 is 1.64 bits per heavy atom. The lowest BCUT2D eigenvalue weighted by molar-refractivity contribution is 0.465. The number of ether oxygens (including phenoxy) is 1. The minimum absolute atomic E-state index is 0.201. The highest BCUT2D eigenvalue weighted by atomic mass is 32.2. The molecule has 22 heavy (non-hydrogen) atoms. The van der Waals surface area contributed by atoms with Crippen LogP contribution < -0.4 is 10.5 Å². The predicted octanol–water partition coefficient (Wildman–Crippen LogP) is 1.55. The standard InChI is InChI=1S/C12H11NO7S2/c13-8-1-3-9(4-2-8)20-10-5-11(21(14,15)16)7-12(6-10)22(17,18)19/h1-7H,13H2,(H,14,15,16)(H,17,18,19). The molecule has 0 atom stereocenters. The molecule has 0 amide bonds. The molecule has 0 aliphatic heterocycles. The van der Waals surface area contributed by atoms with Gasteiger partial charge >= 0.3 is 0 Å². The molecule has 0 saturated carbocycles. The van der Waals surface area contributed by atoms with Gasteiger partial charge in [-0.05, 0) is 30.3 Å². The van der Waals surface area contributed by atoms with Crippen LogP contribution in [0.15, 0.2) is 52.3 Å². The zero-order chi connectivity index (χ0) is 16.5. The maximum atomic E-state index is 11.2. The Morgan fingerprint density at radius 2 is 1.23 bits per heavy atom. The van der Waals surface area contributed by atoms with Gasteiger partial charge in [0.05, 0.1) is 9.79 Å². The summed E-state index contributed by atoms with van der Waals surface area (Å²) in [5.74, 6) is 0.0514. The van der Waals surface area contributed by atoms with Crippen molar-refractivity contribution in [1.82, 2.24) is 0 Å². The number of hydrogen-bond acceptors (Lipinski definition) is 6. The van der Waals surface area contributed by atoms with E-state index >= 15 is 0 Å². The summed E-state index contributed by atoms with van der Waals surface area (Å²) in [6.07, 6.45) is 0. The third kappa shape index (κ3) is 3.95. The van der Waals surface area contributed by atoms with Crippen molar-refractivity contribution in [2.24, 2.45) is 0 Å². The average Bonchev–Trinajstić information content (AvgIpc) is 2.39. The summed E-state index contributed by atoms with van der Waals surface area (Å²) >= 11 is 0. The SMILES string of the molecule is Nc1ccc(Oc2cc(S(=O)(=O)O)cc(S(=O)(=O)O)c2)cc1. The molecule has 2 aromatic rings. The van der Waals surface area contributed by atoms with Crippen molar-refractivity contribution in [2.45, 2.75) is 9.79 Å². The summed E-state index contributed by atoms with van der Waals surface area (Å²) in [6, 6.07) is 8.43. The van der Waals surface area contributed by atoms with Gasteiger partial charge in [0, 0.05) is 17.8 Å². The summed E-state index contributed by atoms with van der Waals surface area (Å²) in [7, 11) is -9.37. The van der Waals surface area contributed by atoms with Gasteiger partial charge in [-0.3, -0.25) is 9.11 Å². The molecule has 2 rings (SSSR count). The Hall–Kier alpha value is -2.14. The zero-order valence-electron chi connectivity index (χ0n) is 10.9. The highest BCUT2D eigenvalue weighted by Crippen LogP contribution is 2.28. The Bertz CT molecular complexity index is 853. The summed E-state index contributed by atoms with van der Waals surface area (Å²) in [6.45, 7) is 0. The Kier molecular flexibility index (Phi) is 4.11. The van der Waals surface area contributed by atoms with Crippen LogP contribution >= 0.6 is 0 Å². The second-order valence-corrected chi connectivity index (χ2v) is 7.10. The molecule has 0 heterocycles. The van der Waals surface area contributed by atoms with Gasteiger partial charge in [0.25, 0.3) is 20.2 Å². The maximum Gasteiger partial charge on any atom is 0.294 e. The Balaban J connectivity index is 2.53. The molecule has 0 unspecified atom stereocenters. The molecular formula is C12H11NO7S2. The van der Waals surface area contributed by atoms with Crippen LogP contribution in [0, 0.1) is 0 Å². The summed E-state index contributed by atoms with van der Waals surface area (Å²) in [5, 5.41) is 0. The van der Waals surface area contributed by atoms with Gasteiger partial charge in [0.1, 0.15) is 11.5 Å². The largest absolute Gasteiger partial charge is 0.457 e. The monoisotopic (exact) mass is 345 g/mol. The second-order valence-electron chi connectivity index (χ2n) is 4.26. The number of nitrogens with two attached hydrogens (primary N) is 1. The highest BCUT2D eigenvalue weighted by molar-refractivity contribution is 7.86. The van der Waals surface area contributed by atoms with Gasteiger partial charge in [-0.15, -0.1) is 0 Å². The van der Waals surface area contributed by atoms with Gasteiger partial charge in [-0.2, -0.15) is 16.8 Å². The minimum atomic E-state index is -4.68. The fourth-order valence-electron chi connectivity index (χ4n) is 1.57. The third-order valence-electron chi connectivity index (χ3n) is 2.57. The van der Waals surface area contributed by atoms with E-state index in [0.717, 1.165) is 12.1 Å². The molecule has 0 spiro atoms. The normalized spacial score (nSPS) is 12.1. The lowest BCUT2D eigenvalue weighted by atomic mass is 10.3. The molecule has 0 radical (unpaired) electrons. The second kappa shape index (κ2) is 5.57. The van der Waals surface area contributed by atoms with Gasteiger partial charge < -0.3 is 10.5 Å². The van der Waals surface area contributed by atoms with Crippen molar-refractivity contribution in [3.8, 4) is 11.5 Å². The smallest absolute Gasteiger partial charge is 0.294 e. The lowest BCUT2D eigenvalue weighted by Crippen LogP contribution is -2.04. The van der Waals surface area contributed by atoms with Crippen LogP contribution in [0.4, 0.5) is 5.69 Å². The molecule has 0 fully saturated rings. The van der Waals surface area contributed by atoms with E-state index in [-0.39, 0.29) is 11.5 Å². The Labute approximate surface area is 126 Å².